The first kappa shape index (κ1) is 13.2. The fourth-order valence-corrected chi connectivity index (χ4v) is 1.79. The molecule has 0 amide bonds. The zero-order valence-electron chi connectivity index (χ0n) is 9.70. The lowest BCUT2D eigenvalue weighted by atomic mass is 10.0. The molecule has 16 heavy (non-hydrogen) atoms. The molecule has 0 aliphatic carbocycles. The molecule has 0 saturated heterocycles. The fraction of sp³-hybridized carbons (Fsp3) is 0.462. The monoisotopic (exact) mass is 240 g/mol. The lowest BCUT2D eigenvalue weighted by Crippen LogP contribution is -2.15. The van der Waals surface area contributed by atoms with Crippen molar-refractivity contribution in [2.45, 2.75) is 32.8 Å². The Kier molecular flexibility index (Phi) is 5.50. The lowest BCUT2D eigenvalue weighted by Gasteiger charge is -2.16. The average Bonchev–Trinajstić information content (AvgIpc) is 2.26. The minimum absolute atomic E-state index is 0.117. The van der Waals surface area contributed by atoms with E-state index in [-0.39, 0.29) is 5.78 Å². The van der Waals surface area contributed by atoms with Crippen LogP contribution >= 0.6 is 11.6 Å². The van der Waals surface area contributed by atoms with Crippen LogP contribution in [-0.2, 0) is 9.53 Å². The standard InChI is InChI=1S/C13H17ClO2/c1-3-6-12(15)13(16-4-2)10-7-5-8-11(14)9-10/h5,7-9,13H,3-4,6H2,1-2H3. The van der Waals surface area contributed by atoms with Gasteiger partial charge in [-0.2, -0.15) is 0 Å². The summed E-state index contributed by atoms with van der Waals surface area (Å²) in [7, 11) is 0. The Balaban J connectivity index is 2.88. The van der Waals surface area contributed by atoms with Crippen molar-refractivity contribution in [2.24, 2.45) is 0 Å². The SMILES string of the molecule is CCCC(=O)C(OCC)c1cccc(Cl)c1. The molecule has 0 aliphatic rings. The Hall–Kier alpha value is -0.860. The number of benzene rings is 1. The van der Waals surface area contributed by atoms with Crippen LogP contribution in [0.5, 0.6) is 0 Å². The fourth-order valence-electron chi connectivity index (χ4n) is 1.59. The molecular weight excluding hydrogens is 224 g/mol. The van der Waals surface area contributed by atoms with Crippen molar-refractivity contribution in [1.82, 2.24) is 0 Å². The van der Waals surface area contributed by atoms with E-state index in [1.165, 1.54) is 0 Å². The van der Waals surface area contributed by atoms with Crippen LogP contribution < -0.4 is 0 Å². The van der Waals surface area contributed by atoms with Gasteiger partial charge < -0.3 is 4.74 Å². The molecule has 0 bridgehead atoms. The summed E-state index contributed by atoms with van der Waals surface area (Å²) in [4.78, 5) is 11.9. The molecule has 0 fully saturated rings. The van der Waals surface area contributed by atoms with E-state index in [1.54, 1.807) is 12.1 Å². The van der Waals surface area contributed by atoms with Gasteiger partial charge in [-0.15, -0.1) is 0 Å². The number of Topliss-reactive ketones (excluding diaryl/α,β-unsaturated/α-hetero) is 1. The smallest absolute Gasteiger partial charge is 0.166 e. The highest BCUT2D eigenvalue weighted by Gasteiger charge is 2.19. The number of rotatable bonds is 6. The van der Waals surface area contributed by atoms with E-state index in [9.17, 15) is 4.79 Å². The number of carbonyl (C=O) groups excluding carboxylic acids is 1. The number of halogens is 1. The van der Waals surface area contributed by atoms with Gasteiger partial charge >= 0.3 is 0 Å². The third-order valence-corrected chi connectivity index (χ3v) is 2.51. The molecule has 0 aromatic heterocycles. The van der Waals surface area contributed by atoms with Crippen molar-refractivity contribution in [1.29, 1.82) is 0 Å². The third kappa shape index (κ3) is 3.62. The van der Waals surface area contributed by atoms with Crippen molar-refractivity contribution in [3.63, 3.8) is 0 Å². The normalized spacial score (nSPS) is 12.4. The summed E-state index contributed by atoms with van der Waals surface area (Å²) in [5, 5.41) is 0.631. The van der Waals surface area contributed by atoms with Crippen LogP contribution in [-0.4, -0.2) is 12.4 Å². The Morgan fingerprint density at radius 3 is 2.75 bits per heavy atom. The molecule has 1 rings (SSSR count). The van der Waals surface area contributed by atoms with E-state index >= 15 is 0 Å². The largest absolute Gasteiger partial charge is 0.366 e. The summed E-state index contributed by atoms with van der Waals surface area (Å²) in [5.74, 6) is 0.117. The summed E-state index contributed by atoms with van der Waals surface area (Å²) in [5.41, 5.74) is 0.841. The van der Waals surface area contributed by atoms with Crippen molar-refractivity contribution in [3.05, 3.63) is 34.9 Å². The molecule has 88 valence electrons. The van der Waals surface area contributed by atoms with E-state index < -0.39 is 6.10 Å². The summed E-state index contributed by atoms with van der Waals surface area (Å²) < 4.78 is 5.49. The van der Waals surface area contributed by atoms with E-state index in [0.717, 1.165) is 12.0 Å². The number of hydrogen-bond donors (Lipinski definition) is 0. The number of ketones is 1. The molecule has 0 radical (unpaired) electrons. The Morgan fingerprint density at radius 2 is 2.19 bits per heavy atom. The molecule has 1 aromatic rings. The van der Waals surface area contributed by atoms with Gasteiger partial charge in [0.25, 0.3) is 0 Å². The molecule has 0 aliphatic heterocycles. The van der Waals surface area contributed by atoms with Gasteiger partial charge in [0.15, 0.2) is 5.78 Å². The second-order valence-corrected chi connectivity index (χ2v) is 4.04. The molecular formula is C13H17ClO2. The molecule has 0 saturated carbocycles. The third-order valence-electron chi connectivity index (χ3n) is 2.27. The van der Waals surface area contributed by atoms with Crippen LogP contribution in [0.15, 0.2) is 24.3 Å². The van der Waals surface area contributed by atoms with Gasteiger partial charge in [-0.3, -0.25) is 4.79 Å². The number of carbonyl (C=O) groups is 1. The van der Waals surface area contributed by atoms with Crippen LogP contribution in [0.1, 0.15) is 38.4 Å². The molecule has 1 atom stereocenters. The number of hydrogen-bond acceptors (Lipinski definition) is 2. The Bertz CT molecular complexity index is 350. The maximum Gasteiger partial charge on any atom is 0.166 e. The second kappa shape index (κ2) is 6.66. The molecule has 3 heteroatoms. The summed E-state index contributed by atoms with van der Waals surface area (Å²) in [6.07, 6.45) is 0.906. The molecule has 1 unspecified atom stereocenters. The van der Waals surface area contributed by atoms with Gasteiger partial charge in [0.1, 0.15) is 6.10 Å². The van der Waals surface area contributed by atoms with Gasteiger partial charge in [0, 0.05) is 18.1 Å². The molecule has 1 aromatic carbocycles. The van der Waals surface area contributed by atoms with Gasteiger partial charge in [-0.1, -0.05) is 30.7 Å². The quantitative estimate of drug-likeness (QED) is 0.756. The second-order valence-electron chi connectivity index (χ2n) is 3.61. The zero-order valence-corrected chi connectivity index (χ0v) is 10.5. The maximum atomic E-state index is 11.9. The number of ether oxygens (including phenoxy) is 1. The first-order valence-electron chi connectivity index (χ1n) is 5.58. The van der Waals surface area contributed by atoms with Crippen molar-refractivity contribution in [2.75, 3.05) is 6.61 Å². The Morgan fingerprint density at radius 1 is 1.44 bits per heavy atom. The van der Waals surface area contributed by atoms with Crippen molar-refractivity contribution in [3.8, 4) is 0 Å². The highest BCUT2D eigenvalue weighted by molar-refractivity contribution is 6.30. The molecule has 0 N–H and O–H groups in total. The first-order valence-corrected chi connectivity index (χ1v) is 5.96. The van der Waals surface area contributed by atoms with Crippen LogP contribution in [0.25, 0.3) is 0 Å². The lowest BCUT2D eigenvalue weighted by molar-refractivity contribution is -0.130. The molecule has 0 heterocycles. The molecule has 0 spiro atoms. The highest BCUT2D eigenvalue weighted by atomic mass is 35.5. The summed E-state index contributed by atoms with van der Waals surface area (Å²) in [6.45, 7) is 4.39. The van der Waals surface area contributed by atoms with Gasteiger partial charge in [0.2, 0.25) is 0 Å². The van der Waals surface area contributed by atoms with Crippen LogP contribution in [0.3, 0.4) is 0 Å². The minimum Gasteiger partial charge on any atom is -0.366 e. The van der Waals surface area contributed by atoms with Crippen LogP contribution in [0.4, 0.5) is 0 Å². The predicted molar refractivity (Wildman–Crippen MR) is 65.7 cm³/mol. The first-order chi connectivity index (χ1) is 7.69. The summed E-state index contributed by atoms with van der Waals surface area (Å²) in [6, 6.07) is 7.29. The minimum atomic E-state index is -0.469. The highest BCUT2D eigenvalue weighted by Crippen LogP contribution is 2.23. The zero-order chi connectivity index (χ0) is 12.0. The van der Waals surface area contributed by atoms with E-state index in [0.29, 0.717) is 18.1 Å². The van der Waals surface area contributed by atoms with Gasteiger partial charge in [0.05, 0.1) is 0 Å². The van der Waals surface area contributed by atoms with E-state index in [2.05, 4.69) is 0 Å². The van der Waals surface area contributed by atoms with Crippen molar-refractivity contribution < 1.29 is 9.53 Å². The van der Waals surface area contributed by atoms with E-state index in [1.807, 2.05) is 26.0 Å². The Labute approximate surface area is 102 Å². The van der Waals surface area contributed by atoms with E-state index in [4.69, 9.17) is 16.3 Å². The predicted octanol–water partition coefficient (Wildman–Crippen LogP) is 3.79. The van der Waals surface area contributed by atoms with Gasteiger partial charge in [-0.25, -0.2) is 0 Å². The maximum absolute atomic E-state index is 11.9. The molecule has 2 nitrogen and oxygen atoms in total. The van der Waals surface area contributed by atoms with Crippen LogP contribution in [0, 0.1) is 0 Å². The summed E-state index contributed by atoms with van der Waals surface area (Å²) >= 11 is 5.90. The van der Waals surface area contributed by atoms with Crippen LogP contribution in [0.2, 0.25) is 5.02 Å². The average molecular weight is 241 g/mol. The topological polar surface area (TPSA) is 26.3 Å². The van der Waals surface area contributed by atoms with Crippen molar-refractivity contribution >= 4 is 17.4 Å². The van der Waals surface area contributed by atoms with Gasteiger partial charge in [-0.05, 0) is 31.0 Å².